The molecular weight excluding hydrogens is 452 g/mol. The summed E-state index contributed by atoms with van der Waals surface area (Å²) in [5, 5.41) is 15.8. The summed E-state index contributed by atoms with van der Waals surface area (Å²) in [7, 11) is 0. The fraction of sp³-hybridized carbons (Fsp3) is 0.464. The van der Waals surface area contributed by atoms with Crippen LogP contribution in [-0.2, 0) is 11.3 Å². The number of hydrogen-bond acceptors (Lipinski definition) is 5. The summed E-state index contributed by atoms with van der Waals surface area (Å²) < 4.78 is 0. The average Bonchev–Trinajstić information content (AvgIpc) is 3.40. The van der Waals surface area contributed by atoms with Crippen molar-refractivity contribution in [1.29, 1.82) is 0 Å². The molecule has 2 aromatic carbocycles. The molecule has 190 valence electrons. The van der Waals surface area contributed by atoms with Gasteiger partial charge in [0.05, 0.1) is 5.92 Å². The standard InChI is InChI=1S/C28H36N6O2/c1-19(21-8-6-5-7-9-21)26(36)34(24-16-14-23(15-17-24)28(2,3)4)18-20-10-12-22(13-11-20)25(35)29-27-30-32-33-31-27/h5-13,19,23-24H,14-18H2,1-4H3,(H2,29,30,31,32,33,35). The summed E-state index contributed by atoms with van der Waals surface area (Å²) >= 11 is 0. The van der Waals surface area contributed by atoms with E-state index < -0.39 is 0 Å². The minimum atomic E-state index is -0.311. The summed E-state index contributed by atoms with van der Waals surface area (Å²) in [5.74, 6) is 0.427. The molecule has 2 N–H and O–H groups in total. The maximum atomic E-state index is 13.8. The molecule has 4 rings (SSSR count). The number of benzene rings is 2. The van der Waals surface area contributed by atoms with E-state index in [9.17, 15) is 9.59 Å². The third-order valence-electron chi connectivity index (χ3n) is 7.46. The van der Waals surface area contributed by atoms with Gasteiger partial charge in [0.2, 0.25) is 5.91 Å². The Labute approximate surface area is 212 Å². The van der Waals surface area contributed by atoms with Gasteiger partial charge in [-0.3, -0.25) is 14.9 Å². The molecule has 1 aliphatic rings. The molecular formula is C28H36N6O2. The number of amides is 2. The number of aromatic amines is 1. The first-order valence-corrected chi connectivity index (χ1v) is 12.7. The van der Waals surface area contributed by atoms with Crippen LogP contribution in [0.1, 0.15) is 80.8 Å². The maximum absolute atomic E-state index is 13.8. The van der Waals surface area contributed by atoms with Gasteiger partial charge in [-0.15, -0.1) is 5.10 Å². The Balaban J connectivity index is 1.50. The number of nitrogens with one attached hydrogen (secondary N) is 2. The zero-order chi connectivity index (χ0) is 25.7. The minimum absolute atomic E-state index is 0.126. The minimum Gasteiger partial charge on any atom is -0.335 e. The van der Waals surface area contributed by atoms with Crippen LogP contribution in [0, 0.1) is 11.3 Å². The number of aromatic nitrogens is 4. The van der Waals surface area contributed by atoms with E-state index >= 15 is 0 Å². The highest BCUT2D eigenvalue weighted by atomic mass is 16.2. The zero-order valence-electron chi connectivity index (χ0n) is 21.6. The third-order valence-corrected chi connectivity index (χ3v) is 7.46. The van der Waals surface area contributed by atoms with Gasteiger partial charge in [0, 0.05) is 18.2 Å². The zero-order valence-corrected chi connectivity index (χ0v) is 21.6. The summed E-state index contributed by atoms with van der Waals surface area (Å²) in [6, 6.07) is 17.6. The third kappa shape index (κ3) is 6.17. The summed E-state index contributed by atoms with van der Waals surface area (Å²) in [6.45, 7) is 9.46. The van der Waals surface area contributed by atoms with Crippen LogP contribution in [0.15, 0.2) is 54.6 Å². The molecule has 0 bridgehead atoms. The summed E-state index contributed by atoms with van der Waals surface area (Å²) in [4.78, 5) is 28.4. The van der Waals surface area contributed by atoms with Crippen molar-refractivity contribution in [3.8, 4) is 0 Å². The van der Waals surface area contributed by atoms with E-state index in [0.29, 0.717) is 18.0 Å². The lowest BCUT2D eigenvalue weighted by Gasteiger charge is -2.42. The number of tetrazole rings is 1. The van der Waals surface area contributed by atoms with Crippen molar-refractivity contribution in [2.24, 2.45) is 11.3 Å². The predicted molar refractivity (Wildman–Crippen MR) is 139 cm³/mol. The van der Waals surface area contributed by atoms with Crippen LogP contribution >= 0.6 is 0 Å². The van der Waals surface area contributed by atoms with Crippen LogP contribution in [0.2, 0.25) is 0 Å². The van der Waals surface area contributed by atoms with Gasteiger partial charge in [-0.25, -0.2) is 0 Å². The second kappa shape index (κ2) is 11.0. The number of hydrogen-bond donors (Lipinski definition) is 2. The molecule has 1 atom stereocenters. The Morgan fingerprint density at radius 2 is 1.69 bits per heavy atom. The van der Waals surface area contributed by atoms with Crippen LogP contribution in [0.3, 0.4) is 0 Å². The molecule has 1 aromatic heterocycles. The van der Waals surface area contributed by atoms with E-state index in [1.165, 1.54) is 0 Å². The Morgan fingerprint density at radius 1 is 1.03 bits per heavy atom. The molecule has 1 fully saturated rings. The number of carbonyl (C=O) groups excluding carboxylic acids is 2. The van der Waals surface area contributed by atoms with E-state index in [1.807, 2.05) is 49.4 Å². The molecule has 8 nitrogen and oxygen atoms in total. The van der Waals surface area contributed by atoms with Crippen molar-refractivity contribution in [2.45, 2.75) is 71.9 Å². The highest BCUT2D eigenvalue weighted by molar-refractivity contribution is 6.03. The van der Waals surface area contributed by atoms with Crippen molar-refractivity contribution in [3.05, 3.63) is 71.3 Å². The van der Waals surface area contributed by atoms with Crippen LogP contribution in [0.25, 0.3) is 0 Å². The predicted octanol–water partition coefficient (Wildman–Crippen LogP) is 5.19. The first-order valence-electron chi connectivity index (χ1n) is 12.7. The molecule has 36 heavy (non-hydrogen) atoms. The molecule has 1 unspecified atom stereocenters. The van der Waals surface area contributed by atoms with Gasteiger partial charge in [0.15, 0.2) is 0 Å². The molecule has 0 radical (unpaired) electrons. The van der Waals surface area contributed by atoms with Gasteiger partial charge in [-0.2, -0.15) is 5.21 Å². The van der Waals surface area contributed by atoms with E-state index in [-0.39, 0.29) is 35.1 Å². The van der Waals surface area contributed by atoms with Crippen molar-refractivity contribution >= 4 is 17.8 Å². The maximum Gasteiger partial charge on any atom is 0.270 e. The van der Waals surface area contributed by atoms with E-state index in [0.717, 1.165) is 36.8 Å². The first-order chi connectivity index (χ1) is 17.2. The smallest absolute Gasteiger partial charge is 0.270 e. The molecule has 1 saturated carbocycles. The summed E-state index contributed by atoms with van der Waals surface area (Å²) in [6.07, 6.45) is 4.29. The molecule has 0 aliphatic heterocycles. The van der Waals surface area contributed by atoms with Crippen LogP contribution in [-0.4, -0.2) is 43.4 Å². The van der Waals surface area contributed by atoms with Gasteiger partial charge in [0.25, 0.3) is 11.9 Å². The Hall–Kier alpha value is -3.55. The largest absolute Gasteiger partial charge is 0.335 e. The number of nitrogens with zero attached hydrogens (tertiary/aromatic N) is 4. The van der Waals surface area contributed by atoms with E-state index in [2.05, 4.69) is 51.6 Å². The van der Waals surface area contributed by atoms with Crippen LogP contribution in [0.4, 0.5) is 5.95 Å². The lowest BCUT2D eigenvalue weighted by molar-refractivity contribution is -0.136. The SMILES string of the molecule is CC(C(=O)N(Cc1ccc(C(=O)Nc2nn[nH]n2)cc1)C1CCC(C(C)(C)C)CC1)c1ccccc1. The van der Waals surface area contributed by atoms with Crippen molar-refractivity contribution in [1.82, 2.24) is 25.5 Å². The van der Waals surface area contributed by atoms with E-state index in [1.54, 1.807) is 12.1 Å². The average molecular weight is 489 g/mol. The lowest BCUT2D eigenvalue weighted by atomic mass is 9.71. The van der Waals surface area contributed by atoms with Crippen LogP contribution in [0.5, 0.6) is 0 Å². The second-order valence-corrected chi connectivity index (χ2v) is 10.9. The molecule has 3 aromatic rings. The Kier molecular flexibility index (Phi) is 7.82. The van der Waals surface area contributed by atoms with Crippen molar-refractivity contribution in [2.75, 3.05) is 5.32 Å². The molecule has 0 spiro atoms. The normalized spacial score (nSPS) is 18.9. The molecule has 0 saturated heterocycles. The van der Waals surface area contributed by atoms with Gasteiger partial charge < -0.3 is 4.90 Å². The van der Waals surface area contributed by atoms with Gasteiger partial charge >= 0.3 is 0 Å². The molecule has 8 heteroatoms. The number of rotatable bonds is 7. The van der Waals surface area contributed by atoms with Gasteiger partial charge in [-0.1, -0.05) is 68.3 Å². The molecule has 2 amide bonds. The topological polar surface area (TPSA) is 104 Å². The van der Waals surface area contributed by atoms with E-state index in [4.69, 9.17) is 0 Å². The van der Waals surface area contributed by atoms with Gasteiger partial charge in [0.1, 0.15) is 0 Å². The Bertz CT molecular complexity index is 1130. The molecule has 1 aliphatic carbocycles. The number of carbonyl (C=O) groups is 2. The van der Waals surface area contributed by atoms with Crippen LogP contribution < -0.4 is 5.32 Å². The van der Waals surface area contributed by atoms with Gasteiger partial charge in [-0.05, 0) is 72.4 Å². The van der Waals surface area contributed by atoms with Crippen molar-refractivity contribution < 1.29 is 9.59 Å². The monoisotopic (exact) mass is 488 g/mol. The fourth-order valence-electron chi connectivity index (χ4n) is 5.12. The van der Waals surface area contributed by atoms with Crippen molar-refractivity contribution in [3.63, 3.8) is 0 Å². The number of anilines is 1. The lowest BCUT2D eigenvalue weighted by Crippen LogP contribution is -2.44. The molecule has 1 heterocycles. The highest BCUT2D eigenvalue weighted by Gasteiger charge is 2.35. The summed E-state index contributed by atoms with van der Waals surface area (Å²) in [5.41, 5.74) is 2.81. The fourth-order valence-corrected chi connectivity index (χ4v) is 5.12. The second-order valence-electron chi connectivity index (χ2n) is 10.9. The first kappa shape index (κ1) is 25.5. The number of H-pyrrole nitrogens is 1. The quantitative estimate of drug-likeness (QED) is 0.476. The Morgan fingerprint density at radius 3 is 2.28 bits per heavy atom. The highest BCUT2D eigenvalue weighted by Crippen LogP contribution is 2.40.